The summed E-state index contributed by atoms with van der Waals surface area (Å²) in [4.78, 5) is 58.5. The number of aliphatic hydroxyl groups is 1. The molecule has 0 aromatic heterocycles. The number of rotatable bonds is 47. The highest BCUT2D eigenvalue weighted by molar-refractivity contribution is 5.95. The van der Waals surface area contributed by atoms with Crippen molar-refractivity contribution < 1.29 is 43.2 Å². The van der Waals surface area contributed by atoms with Gasteiger partial charge in [0.2, 0.25) is 0 Å². The van der Waals surface area contributed by atoms with Crippen LogP contribution in [0.3, 0.4) is 0 Å². The van der Waals surface area contributed by atoms with Gasteiger partial charge in [-0.3, -0.25) is 19.2 Å². The van der Waals surface area contributed by atoms with Crippen LogP contribution in [-0.2, 0) is 38.1 Å². The first-order valence-corrected chi connectivity index (χ1v) is 37.1. The fourth-order valence-corrected chi connectivity index (χ4v) is 14.9. The molecule has 1 N–H and O–H groups in total. The second-order valence-electron chi connectivity index (χ2n) is 30.5. The summed E-state index contributed by atoms with van der Waals surface area (Å²) in [5, 5.41) is 9.98. The minimum Gasteiger partial charge on any atom is -0.465 e. The topological polar surface area (TPSA) is 129 Å². The molecule has 4 aliphatic rings. The maximum Gasteiger partial charge on any atom is 0.320 e. The van der Waals surface area contributed by atoms with E-state index in [-0.39, 0.29) is 6.61 Å². The van der Waals surface area contributed by atoms with Gasteiger partial charge in [-0.05, 0) is 168 Å². The molecule has 0 heterocycles. The first-order valence-electron chi connectivity index (χ1n) is 37.1. The van der Waals surface area contributed by atoms with Gasteiger partial charge in [0.1, 0.15) is 0 Å². The van der Waals surface area contributed by atoms with Gasteiger partial charge in [-0.25, -0.2) is 0 Å². The van der Waals surface area contributed by atoms with Crippen molar-refractivity contribution in [2.24, 2.45) is 82.9 Å². The number of nitrogens with zero attached hydrogens (tertiary/aromatic N) is 1. The molecule has 0 saturated heterocycles. The molecule has 0 atom stereocenters. The second-order valence-corrected chi connectivity index (χ2v) is 30.5. The summed E-state index contributed by atoms with van der Waals surface area (Å²) in [5.74, 6) is 3.65. The molecule has 10 heteroatoms. The minimum atomic E-state index is -0.984. The Bertz CT molecular complexity index is 1460. The third-order valence-electron chi connectivity index (χ3n) is 21.0. The van der Waals surface area contributed by atoms with Crippen LogP contribution in [0.15, 0.2) is 0 Å². The molecule has 0 spiro atoms. The molecular formula is C75H137NO9. The lowest BCUT2D eigenvalue weighted by atomic mass is 9.80. The molecule has 10 nitrogen and oxygen atoms in total. The van der Waals surface area contributed by atoms with Crippen molar-refractivity contribution in [2.45, 2.75) is 319 Å². The number of esters is 4. The van der Waals surface area contributed by atoms with Crippen molar-refractivity contribution in [1.29, 1.82) is 0 Å². The maximum absolute atomic E-state index is 14.1. The molecule has 0 bridgehead atoms. The highest BCUT2D eigenvalue weighted by Gasteiger charge is 2.35. The van der Waals surface area contributed by atoms with E-state index in [4.69, 9.17) is 18.9 Å². The van der Waals surface area contributed by atoms with Crippen LogP contribution in [0.1, 0.15) is 319 Å². The zero-order valence-corrected chi connectivity index (χ0v) is 56.9. The predicted molar refractivity (Wildman–Crippen MR) is 351 cm³/mol. The van der Waals surface area contributed by atoms with Gasteiger partial charge in [-0.15, -0.1) is 0 Å². The summed E-state index contributed by atoms with van der Waals surface area (Å²) in [6, 6.07) is 0. The molecule has 0 amide bonds. The molecule has 0 aromatic rings. The average Bonchev–Trinajstić information content (AvgIpc) is 3.49. The van der Waals surface area contributed by atoms with E-state index in [2.05, 4.69) is 60.3 Å². The van der Waals surface area contributed by atoms with E-state index >= 15 is 0 Å². The molecule has 4 aliphatic carbocycles. The van der Waals surface area contributed by atoms with Crippen molar-refractivity contribution in [3.05, 3.63) is 0 Å². The molecule has 85 heavy (non-hydrogen) atoms. The van der Waals surface area contributed by atoms with Crippen LogP contribution >= 0.6 is 0 Å². The third-order valence-corrected chi connectivity index (χ3v) is 21.0. The quantitative estimate of drug-likeness (QED) is 0.0272. The van der Waals surface area contributed by atoms with Gasteiger partial charge in [0, 0.05) is 13.2 Å². The molecule has 0 unspecified atom stereocenters. The molecule has 4 saturated carbocycles. The third kappa shape index (κ3) is 35.1. The lowest BCUT2D eigenvalue weighted by Crippen LogP contribution is -2.34. The van der Waals surface area contributed by atoms with Crippen molar-refractivity contribution >= 4 is 23.9 Å². The van der Waals surface area contributed by atoms with E-state index < -0.39 is 35.7 Å². The summed E-state index contributed by atoms with van der Waals surface area (Å²) in [6.45, 7) is 21.8. The number of carbonyl (C=O) groups excluding carboxylic acids is 4. The van der Waals surface area contributed by atoms with Crippen LogP contribution in [0, 0.1) is 82.9 Å². The molecular weight excluding hydrogens is 1060 g/mol. The molecule has 496 valence electrons. The van der Waals surface area contributed by atoms with E-state index in [1.54, 1.807) is 0 Å². The van der Waals surface area contributed by atoms with Crippen LogP contribution in [0.5, 0.6) is 0 Å². The van der Waals surface area contributed by atoms with Crippen LogP contribution < -0.4 is 0 Å². The van der Waals surface area contributed by atoms with Crippen LogP contribution in [0.4, 0.5) is 0 Å². The summed E-state index contributed by atoms with van der Waals surface area (Å²) >= 11 is 0. The average molecular weight is 1200 g/mol. The Morgan fingerprint density at radius 2 is 0.529 bits per heavy atom. The smallest absolute Gasteiger partial charge is 0.320 e. The monoisotopic (exact) mass is 1200 g/mol. The van der Waals surface area contributed by atoms with E-state index in [1.165, 1.54) is 180 Å². The number of unbranched alkanes of at least 4 members (excludes halogenated alkanes) is 8. The Morgan fingerprint density at radius 3 is 0.753 bits per heavy atom. The standard InChI is InChI=1S/C75H137NO9/c1-58(2)24-13-9-17-28-62-34-42-66(43-35-62)54-82-72(78)70(73(79)83-55-67-44-36-63(37-45-67)29-18-10-14-25-59(3)4)32-21-50-76(52-23-53-77)51-22-33-71(74(80)84-56-68-46-38-64(39-47-68)30-19-11-15-26-60(5)6)75(81)85-57-69-48-40-65(41-49-69)31-20-12-16-27-61(7)8/h58-71,77H,9-57H2,1-8H3. The molecule has 4 rings (SSSR count). The predicted octanol–water partition coefficient (Wildman–Crippen LogP) is 19.3. The van der Waals surface area contributed by atoms with Gasteiger partial charge in [-0.2, -0.15) is 0 Å². The first-order chi connectivity index (χ1) is 41.1. The fraction of sp³-hybridized carbons (Fsp3) is 0.947. The lowest BCUT2D eigenvalue weighted by Gasteiger charge is -2.29. The normalized spacial score (nSPS) is 23.8. The Balaban J connectivity index is 1.32. The second kappa shape index (κ2) is 46.0. The summed E-state index contributed by atoms with van der Waals surface area (Å²) < 4.78 is 24.3. The first kappa shape index (κ1) is 75.3. The van der Waals surface area contributed by atoms with E-state index in [0.717, 1.165) is 98.7 Å². The fourth-order valence-electron chi connectivity index (χ4n) is 14.9. The summed E-state index contributed by atoms with van der Waals surface area (Å²) in [6.07, 6.45) is 46.6. The van der Waals surface area contributed by atoms with E-state index in [9.17, 15) is 24.3 Å². The van der Waals surface area contributed by atoms with Gasteiger partial charge in [-0.1, -0.05) is 235 Å². The van der Waals surface area contributed by atoms with Gasteiger partial charge >= 0.3 is 23.9 Å². The number of hydrogen-bond acceptors (Lipinski definition) is 10. The van der Waals surface area contributed by atoms with Gasteiger partial charge in [0.25, 0.3) is 0 Å². The van der Waals surface area contributed by atoms with Crippen molar-refractivity contribution in [2.75, 3.05) is 52.7 Å². The zero-order chi connectivity index (χ0) is 61.4. The largest absolute Gasteiger partial charge is 0.465 e. The number of carbonyl (C=O) groups is 4. The lowest BCUT2D eigenvalue weighted by molar-refractivity contribution is -0.166. The van der Waals surface area contributed by atoms with Crippen LogP contribution in [-0.4, -0.2) is 86.6 Å². The summed E-state index contributed by atoms with van der Waals surface area (Å²) in [5.41, 5.74) is 0. The van der Waals surface area contributed by atoms with Crippen LogP contribution in [0.2, 0.25) is 0 Å². The Hall–Kier alpha value is -2.20. The Kier molecular flexibility index (Phi) is 40.7. The highest BCUT2D eigenvalue weighted by atomic mass is 16.6. The summed E-state index contributed by atoms with van der Waals surface area (Å²) in [7, 11) is 0. The Morgan fingerprint density at radius 1 is 0.306 bits per heavy atom. The van der Waals surface area contributed by atoms with E-state index in [0.29, 0.717) is 102 Å². The van der Waals surface area contributed by atoms with Crippen molar-refractivity contribution in [1.82, 2.24) is 4.90 Å². The van der Waals surface area contributed by atoms with Gasteiger partial charge in [0.15, 0.2) is 11.8 Å². The molecule has 4 fully saturated rings. The number of ether oxygens (including phenoxy) is 4. The number of aliphatic hydroxyl groups excluding tert-OH is 1. The molecule has 0 radical (unpaired) electrons. The van der Waals surface area contributed by atoms with Crippen molar-refractivity contribution in [3.8, 4) is 0 Å². The van der Waals surface area contributed by atoms with E-state index in [1.807, 2.05) is 0 Å². The zero-order valence-electron chi connectivity index (χ0n) is 56.9. The van der Waals surface area contributed by atoms with Crippen molar-refractivity contribution in [3.63, 3.8) is 0 Å². The minimum absolute atomic E-state index is 0.0416. The van der Waals surface area contributed by atoms with Gasteiger partial charge in [0.05, 0.1) is 26.4 Å². The number of hydrogen-bond donors (Lipinski definition) is 1. The maximum atomic E-state index is 14.1. The SMILES string of the molecule is CC(C)CCCCCC1CCC(COC(=O)C(CCCN(CCCO)CCCC(C(=O)OCC2CCC(CCCCCC(C)C)CC2)C(=O)OCC2CCC(CCCCCC(C)C)CC2)C(=O)OCC2CCC(CCCCCC(C)C)CC2)CC1. The van der Waals surface area contributed by atoms with Crippen LogP contribution in [0.25, 0.3) is 0 Å². The highest BCUT2D eigenvalue weighted by Crippen LogP contribution is 2.37. The molecule has 0 aliphatic heterocycles. The van der Waals surface area contributed by atoms with Gasteiger partial charge < -0.3 is 29.0 Å². The Labute approximate surface area is 523 Å². The molecule has 0 aromatic carbocycles.